The molecule has 0 bridgehead atoms. The average Bonchev–Trinajstić information content (AvgIpc) is 2.81. The Morgan fingerprint density at radius 1 is 1.25 bits per heavy atom. The fourth-order valence-electron chi connectivity index (χ4n) is 2.48. The van der Waals surface area contributed by atoms with Gasteiger partial charge in [-0.05, 0) is 54.3 Å². The zero-order chi connectivity index (χ0) is 14.1. The first-order valence-electron chi connectivity index (χ1n) is 6.51. The van der Waals surface area contributed by atoms with E-state index in [0.29, 0.717) is 16.3 Å². The van der Waals surface area contributed by atoms with Crippen LogP contribution in [0, 0.1) is 5.82 Å². The summed E-state index contributed by atoms with van der Waals surface area (Å²) in [6.07, 6.45) is 1.23. The van der Waals surface area contributed by atoms with Crippen LogP contribution < -0.4 is 4.74 Å². The van der Waals surface area contributed by atoms with Crippen LogP contribution in [0.5, 0.6) is 5.75 Å². The lowest BCUT2D eigenvalue weighted by atomic mass is 10.1. The second-order valence-corrected chi connectivity index (χ2v) is 5.38. The molecule has 1 unspecified atom stereocenters. The van der Waals surface area contributed by atoms with Gasteiger partial charge in [0.15, 0.2) is 0 Å². The molecule has 0 amide bonds. The Bertz CT molecular complexity index is 642. The first kappa shape index (κ1) is 13.4. The van der Waals surface area contributed by atoms with E-state index < -0.39 is 0 Å². The van der Waals surface area contributed by atoms with Crippen LogP contribution in [0.2, 0.25) is 5.02 Å². The second-order valence-electron chi connectivity index (χ2n) is 4.94. The van der Waals surface area contributed by atoms with Gasteiger partial charge in [-0.2, -0.15) is 0 Å². The second kappa shape index (κ2) is 5.43. The van der Waals surface area contributed by atoms with E-state index in [4.69, 9.17) is 16.3 Å². The molecule has 2 nitrogen and oxygen atoms in total. The van der Waals surface area contributed by atoms with Gasteiger partial charge in [0.1, 0.15) is 18.2 Å². The van der Waals surface area contributed by atoms with E-state index in [1.807, 2.05) is 12.1 Å². The molecule has 4 heteroatoms. The van der Waals surface area contributed by atoms with Crippen molar-refractivity contribution in [3.8, 4) is 5.75 Å². The molecule has 1 aliphatic rings. The Morgan fingerprint density at radius 2 is 2.10 bits per heavy atom. The zero-order valence-corrected chi connectivity index (χ0v) is 11.5. The molecule has 2 aromatic carbocycles. The fourth-order valence-corrected chi connectivity index (χ4v) is 2.67. The smallest absolute Gasteiger partial charge is 0.129 e. The van der Waals surface area contributed by atoms with E-state index in [1.54, 1.807) is 12.1 Å². The van der Waals surface area contributed by atoms with Crippen LogP contribution in [-0.2, 0) is 13.0 Å². The lowest BCUT2D eigenvalue weighted by Gasteiger charge is -2.10. The molecule has 1 aliphatic carbocycles. The van der Waals surface area contributed by atoms with Crippen LogP contribution in [0.25, 0.3) is 0 Å². The monoisotopic (exact) mass is 292 g/mol. The number of halogens is 2. The first-order chi connectivity index (χ1) is 9.63. The number of fused-ring (bicyclic) bond motifs is 1. The molecule has 104 valence electrons. The van der Waals surface area contributed by atoms with Gasteiger partial charge in [0.05, 0.1) is 6.10 Å². The molecule has 0 spiro atoms. The minimum Gasteiger partial charge on any atom is -0.489 e. The SMILES string of the molecule is OC1CCc2cc(OCc3cc(Cl)ccc3F)ccc21. The Balaban J connectivity index is 1.74. The summed E-state index contributed by atoms with van der Waals surface area (Å²) in [5.74, 6) is 0.350. The summed E-state index contributed by atoms with van der Waals surface area (Å²) < 4.78 is 19.2. The van der Waals surface area contributed by atoms with Crippen LogP contribution >= 0.6 is 11.6 Å². The van der Waals surface area contributed by atoms with Gasteiger partial charge >= 0.3 is 0 Å². The molecule has 0 radical (unpaired) electrons. The number of aliphatic hydroxyl groups excluding tert-OH is 1. The first-order valence-corrected chi connectivity index (χ1v) is 6.89. The summed E-state index contributed by atoms with van der Waals surface area (Å²) in [5, 5.41) is 10.2. The molecule has 0 heterocycles. The minimum atomic E-state index is -0.371. The van der Waals surface area contributed by atoms with Crippen molar-refractivity contribution >= 4 is 11.6 Å². The third-order valence-electron chi connectivity index (χ3n) is 3.56. The number of rotatable bonds is 3. The van der Waals surface area contributed by atoms with Gasteiger partial charge < -0.3 is 9.84 Å². The summed E-state index contributed by atoms with van der Waals surface area (Å²) in [6, 6.07) is 9.99. The van der Waals surface area contributed by atoms with Gasteiger partial charge in [-0.25, -0.2) is 4.39 Å². The van der Waals surface area contributed by atoms with E-state index >= 15 is 0 Å². The minimum absolute atomic E-state index is 0.133. The van der Waals surface area contributed by atoms with Crippen molar-refractivity contribution in [1.82, 2.24) is 0 Å². The highest BCUT2D eigenvalue weighted by Crippen LogP contribution is 2.33. The Morgan fingerprint density at radius 3 is 2.95 bits per heavy atom. The van der Waals surface area contributed by atoms with Crippen LogP contribution in [-0.4, -0.2) is 5.11 Å². The van der Waals surface area contributed by atoms with Gasteiger partial charge in [0, 0.05) is 10.6 Å². The Hall–Kier alpha value is -1.58. The summed E-state index contributed by atoms with van der Waals surface area (Å²) in [7, 11) is 0. The number of hydrogen-bond acceptors (Lipinski definition) is 2. The van der Waals surface area contributed by atoms with E-state index in [0.717, 1.165) is 24.0 Å². The van der Waals surface area contributed by atoms with Crippen LogP contribution in [0.1, 0.15) is 29.2 Å². The van der Waals surface area contributed by atoms with Crippen molar-refractivity contribution in [3.05, 3.63) is 63.9 Å². The number of aliphatic hydroxyl groups is 1. The maximum atomic E-state index is 13.6. The van der Waals surface area contributed by atoms with E-state index in [2.05, 4.69) is 0 Å². The summed E-state index contributed by atoms with van der Waals surface area (Å²) in [5.41, 5.74) is 2.49. The molecule has 0 saturated carbocycles. The molecule has 0 aliphatic heterocycles. The molecule has 0 aromatic heterocycles. The number of ether oxygens (including phenoxy) is 1. The molecule has 20 heavy (non-hydrogen) atoms. The number of benzene rings is 2. The van der Waals surface area contributed by atoms with Crippen LogP contribution in [0.3, 0.4) is 0 Å². The quantitative estimate of drug-likeness (QED) is 0.925. The highest BCUT2D eigenvalue weighted by atomic mass is 35.5. The topological polar surface area (TPSA) is 29.5 Å². The average molecular weight is 293 g/mol. The fraction of sp³-hybridized carbons (Fsp3) is 0.250. The summed E-state index contributed by atoms with van der Waals surface area (Å²) in [6.45, 7) is 0.133. The van der Waals surface area contributed by atoms with Crippen molar-refractivity contribution in [2.45, 2.75) is 25.6 Å². The van der Waals surface area contributed by atoms with Crippen molar-refractivity contribution in [2.75, 3.05) is 0 Å². The Labute approximate surface area is 121 Å². The lowest BCUT2D eigenvalue weighted by Crippen LogP contribution is -1.99. The molecule has 3 rings (SSSR count). The molecule has 0 saturated heterocycles. The van der Waals surface area contributed by atoms with E-state index in [9.17, 15) is 9.50 Å². The largest absolute Gasteiger partial charge is 0.489 e. The third kappa shape index (κ3) is 2.65. The predicted molar refractivity (Wildman–Crippen MR) is 75.5 cm³/mol. The van der Waals surface area contributed by atoms with Gasteiger partial charge in [-0.3, -0.25) is 0 Å². The van der Waals surface area contributed by atoms with Crippen molar-refractivity contribution < 1.29 is 14.2 Å². The highest BCUT2D eigenvalue weighted by Gasteiger charge is 2.20. The molecule has 0 fully saturated rings. The van der Waals surface area contributed by atoms with Crippen molar-refractivity contribution in [2.24, 2.45) is 0 Å². The van der Waals surface area contributed by atoms with Gasteiger partial charge in [0.25, 0.3) is 0 Å². The molecular formula is C16H14ClFO2. The van der Waals surface area contributed by atoms with Gasteiger partial charge in [-0.15, -0.1) is 0 Å². The maximum Gasteiger partial charge on any atom is 0.129 e. The Kier molecular flexibility index (Phi) is 3.64. The molecular weight excluding hydrogens is 279 g/mol. The predicted octanol–water partition coefficient (Wildman–Crippen LogP) is 4.04. The lowest BCUT2D eigenvalue weighted by molar-refractivity contribution is 0.180. The third-order valence-corrected chi connectivity index (χ3v) is 3.80. The maximum absolute atomic E-state index is 13.6. The zero-order valence-electron chi connectivity index (χ0n) is 10.8. The summed E-state index contributed by atoms with van der Waals surface area (Å²) in [4.78, 5) is 0. The van der Waals surface area contributed by atoms with Crippen molar-refractivity contribution in [3.63, 3.8) is 0 Å². The molecule has 1 atom stereocenters. The summed E-state index contributed by atoms with van der Waals surface area (Å²) >= 11 is 5.84. The number of hydrogen-bond donors (Lipinski definition) is 1. The van der Waals surface area contributed by atoms with Gasteiger partial charge in [0.2, 0.25) is 0 Å². The van der Waals surface area contributed by atoms with E-state index in [1.165, 1.54) is 12.1 Å². The van der Waals surface area contributed by atoms with E-state index in [-0.39, 0.29) is 18.5 Å². The van der Waals surface area contributed by atoms with Crippen molar-refractivity contribution in [1.29, 1.82) is 0 Å². The normalized spacial score (nSPS) is 17.1. The van der Waals surface area contributed by atoms with Crippen LogP contribution in [0.4, 0.5) is 4.39 Å². The standard InChI is InChI=1S/C16H14ClFO2/c17-12-2-5-15(18)11(7-12)9-20-13-3-4-14-10(8-13)1-6-16(14)19/h2-5,7-8,16,19H,1,6,9H2. The molecule has 2 aromatic rings. The highest BCUT2D eigenvalue weighted by molar-refractivity contribution is 6.30. The number of aryl methyl sites for hydroxylation is 1. The molecule has 1 N–H and O–H groups in total. The van der Waals surface area contributed by atoms with Gasteiger partial charge in [-0.1, -0.05) is 17.7 Å². The van der Waals surface area contributed by atoms with Crippen LogP contribution in [0.15, 0.2) is 36.4 Å².